The Morgan fingerprint density at radius 2 is 2.08 bits per heavy atom. The SMILES string of the molecule is CCC1CCC(n2ncc3c(NCc4ccccc4)nc(Cl)nc32)O1. The number of anilines is 1. The highest BCUT2D eigenvalue weighted by molar-refractivity contribution is 6.28. The van der Waals surface area contributed by atoms with Gasteiger partial charge in [0.2, 0.25) is 5.28 Å². The molecule has 4 rings (SSSR count). The number of nitrogens with one attached hydrogen (secondary N) is 1. The van der Waals surface area contributed by atoms with Crippen molar-refractivity contribution in [1.82, 2.24) is 19.7 Å². The first-order valence-electron chi connectivity index (χ1n) is 8.58. The predicted octanol–water partition coefficient (Wildman–Crippen LogP) is 4.18. The lowest BCUT2D eigenvalue weighted by Gasteiger charge is -2.14. The van der Waals surface area contributed by atoms with Gasteiger partial charge in [-0.2, -0.15) is 15.1 Å². The number of rotatable bonds is 5. The van der Waals surface area contributed by atoms with Gasteiger partial charge in [0, 0.05) is 6.54 Å². The van der Waals surface area contributed by atoms with Crippen molar-refractivity contribution in [3.8, 4) is 0 Å². The maximum Gasteiger partial charge on any atom is 0.226 e. The van der Waals surface area contributed by atoms with Crippen LogP contribution in [-0.4, -0.2) is 25.9 Å². The zero-order valence-corrected chi connectivity index (χ0v) is 14.8. The Kier molecular flexibility index (Phi) is 4.55. The fourth-order valence-corrected chi connectivity index (χ4v) is 3.36. The molecule has 130 valence electrons. The molecule has 1 fully saturated rings. The number of nitrogens with zero attached hydrogens (tertiary/aromatic N) is 4. The van der Waals surface area contributed by atoms with Crippen molar-refractivity contribution in [2.45, 2.75) is 45.1 Å². The molecule has 0 spiro atoms. The summed E-state index contributed by atoms with van der Waals surface area (Å²) >= 11 is 6.15. The first kappa shape index (κ1) is 16.3. The highest BCUT2D eigenvalue weighted by atomic mass is 35.5. The number of halogens is 1. The molecule has 6 nitrogen and oxygen atoms in total. The molecular weight excluding hydrogens is 338 g/mol. The number of benzene rings is 1. The van der Waals surface area contributed by atoms with Crippen LogP contribution in [0.4, 0.5) is 5.82 Å². The minimum Gasteiger partial charge on any atom is -0.365 e. The summed E-state index contributed by atoms with van der Waals surface area (Å²) in [6.45, 7) is 2.80. The molecular formula is C18H20ClN5O. The van der Waals surface area contributed by atoms with Gasteiger partial charge in [-0.25, -0.2) is 4.68 Å². The third kappa shape index (κ3) is 3.32. The first-order valence-corrected chi connectivity index (χ1v) is 8.96. The Hall–Kier alpha value is -2.18. The predicted molar refractivity (Wildman–Crippen MR) is 97.5 cm³/mol. The number of hydrogen-bond donors (Lipinski definition) is 1. The molecule has 0 radical (unpaired) electrons. The van der Waals surface area contributed by atoms with Crippen LogP contribution in [0.5, 0.6) is 0 Å². The highest BCUT2D eigenvalue weighted by Crippen LogP contribution is 2.32. The van der Waals surface area contributed by atoms with Gasteiger partial charge >= 0.3 is 0 Å². The van der Waals surface area contributed by atoms with E-state index in [9.17, 15) is 0 Å². The Morgan fingerprint density at radius 3 is 2.84 bits per heavy atom. The fourth-order valence-electron chi connectivity index (χ4n) is 3.19. The van der Waals surface area contributed by atoms with Crippen LogP contribution in [0.25, 0.3) is 11.0 Å². The second-order valence-electron chi connectivity index (χ2n) is 6.21. The van der Waals surface area contributed by atoms with Crippen molar-refractivity contribution >= 4 is 28.5 Å². The molecule has 1 N–H and O–H groups in total. The molecule has 1 aromatic carbocycles. The zero-order chi connectivity index (χ0) is 17.2. The summed E-state index contributed by atoms with van der Waals surface area (Å²) < 4.78 is 7.87. The Labute approximate surface area is 151 Å². The number of fused-ring (bicyclic) bond motifs is 1. The zero-order valence-electron chi connectivity index (χ0n) is 14.0. The van der Waals surface area contributed by atoms with Gasteiger partial charge in [-0.3, -0.25) is 0 Å². The Bertz CT molecular complexity index is 867. The van der Waals surface area contributed by atoms with Gasteiger partial charge < -0.3 is 10.1 Å². The second kappa shape index (κ2) is 6.98. The molecule has 3 aromatic rings. The normalized spacial score (nSPS) is 20.2. The molecule has 3 heterocycles. The number of hydrogen-bond acceptors (Lipinski definition) is 5. The second-order valence-corrected chi connectivity index (χ2v) is 6.54. The van der Waals surface area contributed by atoms with Gasteiger partial charge in [-0.15, -0.1) is 0 Å². The van der Waals surface area contributed by atoms with Crippen molar-refractivity contribution in [2.75, 3.05) is 5.32 Å². The Morgan fingerprint density at radius 1 is 1.24 bits per heavy atom. The van der Waals surface area contributed by atoms with Gasteiger partial charge in [-0.1, -0.05) is 37.3 Å². The lowest BCUT2D eigenvalue weighted by atomic mass is 10.2. The molecule has 0 amide bonds. The van der Waals surface area contributed by atoms with Gasteiger partial charge in [0.05, 0.1) is 17.7 Å². The van der Waals surface area contributed by atoms with Crippen LogP contribution in [0.2, 0.25) is 5.28 Å². The van der Waals surface area contributed by atoms with E-state index in [-0.39, 0.29) is 17.6 Å². The molecule has 2 aromatic heterocycles. The van der Waals surface area contributed by atoms with E-state index in [4.69, 9.17) is 16.3 Å². The van der Waals surface area contributed by atoms with Crippen molar-refractivity contribution in [1.29, 1.82) is 0 Å². The highest BCUT2D eigenvalue weighted by Gasteiger charge is 2.28. The molecule has 2 atom stereocenters. The average molecular weight is 358 g/mol. The molecule has 2 unspecified atom stereocenters. The van der Waals surface area contributed by atoms with E-state index < -0.39 is 0 Å². The monoisotopic (exact) mass is 357 g/mol. The van der Waals surface area contributed by atoms with E-state index >= 15 is 0 Å². The summed E-state index contributed by atoms with van der Waals surface area (Å²) in [6, 6.07) is 10.2. The molecule has 0 saturated carbocycles. The van der Waals surface area contributed by atoms with Crippen LogP contribution in [0.3, 0.4) is 0 Å². The summed E-state index contributed by atoms with van der Waals surface area (Å²) in [4.78, 5) is 8.72. The van der Waals surface area contributed by atoms with Crippen molar-refractivity contribution in [2.24, 2.45) is 0 Å². The van der Waals surface area contributed by atoms with Gasteiger partial charge in [0.25, 0.3) is 0 Å². The summed E-state index contributed by atoms with van der Waals surface area (Å²) in [6.07, 6.45) is 4.97. The van der Waals surface area contributed by atoms with E-state index in [1.165, 1.54) is 5.56 Å². The van der Waals surface area contributed by atoms with Crippen LogP contribution >= 0.6 is 11.6 Å². The van der Waals surface area contributed by atoms with Crippen LogP contribution in [0, 0.1) is 0 Å². The minimum absolute atomic E-state index is 0.0876. The van der Waals surface area contributed by atoms with Crippen LogP contribution in [-0.2, 0) is 11.3 Å². The standard InChI is InChI=1S/C18H20ClN5O/c1-2-13-8-9-15(25-13)24-17-14(11-21-24)16(22-18(19)23-17)20-10-12-6-4-3-5-7-12/h3-7,11,13,15H,2,8-10H2,1H3,(H,20,22,23). The topological polar surface area (TPSA) is 64.9 Å². The molecule has 0 aliphatic carbocycles. The molecule has 1 aliphatic rings. The summed E-state index contributed by atoms with van der Waals surface area (Å²) in [5.74, 6) is 0.690. The maximum atomic E-state index is 6.15. The lowest BCUT2D eigenvalue weighted by Crippen LogP contribution is -2.12. The molecule has 7 heteroatoms. The molecule has 0 bridgehead atoms. The Balaban J connectivity index is 1.62. The third-order valence-corrected chi connectivity index (χ3v) is 4.71. The minimum atomic E-state index is -0.0876. The average Bonchev–Trinajstić information content (AvgIpc) is 3.26. The molecule has 1 saturated heterocycles. The summed E-state index contributed by atoms with van der Waals surface area (Å²) in [5.41, 5.74) is 1.88. The lowest BCUT2D eigenvalue weighted by molar-refractivity contribution is -0.00403. The van der Waals surface area contributed by atoms with Crippen LogP contribution in [0.1, 0.15) is 38.0 Å². The van der Waals surface area contributed by atoms with E-state index in [1.807, 2.05) is 22.9 Å². The quantitative estimate of drug-likeness (QED) is 0.694. The van der Waals surface area contributed by atoms with E-state index in [2.05, 4.69) is 39.4 Å². The fraction of sp³-hybridized carbons (Fsp3) is 0.389. The van der Waals surface area contributed by atoms with Crippen LogP contribution in [0.15, 0.2) is 36.5 Å². The van der Waals surface area contributed by atoms with Crippen molar-refractivity contribution < 1.29 is 4.74 Å². The van der Waals surface area contributed by atoms with E-state index in [0.29, 0.717) is 18.0 Å². The van der Waals surface area contributed by atoms with Gasteiger partial charge in [-0.05, 0) is 36.4 Å². The molecule has 1 aliphatic heterocycles. The summed E-state index contributed by atoms with van der Waals surface area (Å²) in [5, 5.41) is 8.89. The largest absolute Gasteiger partial charge is 0.365 e. The van der Waals surface area contributed by atoms with E-state index in [1.54, 1.807) is 6.20 Å². The number of ether oxygens (including phenoxy) is 1. The van der Waals surface area contributed by atoms with Crippen molar-refractivity contribution in [3.05, 3.63) is 47.4 Å². The van der Waals surface area contributed by atoms with Gasteiger partial charge in [0.15, 0.2) is 11.9 Å². The first-order chi connectivity index (χ1) is 12.2. The third-order valence-electron chi connectivity index (χ3n) is 4.54. The van der Waals surface area contributed by atoms with Crippen LogP contribution < -0.4 is 5.32 Å². The van der Waals surface area contributed by atoms with Crippen molar-refractivity contribution in [3.63, 3.8) is 0 Å². The van der Waals surface area contributed by atoms with E-state index in [0.717, 1.165) is 24.6 Å². The smallest absolute Gasteiger partial charge is 0.226 e. The summed E-state index contributed by atoms with van der Waals surface area (Å²) in [7, 11) is 0. The maximum absolute atomic E-state index is 6.15. The number of aromatic nitrogens is 4. The van der Waals surface area contributed by atoms with Gasteiger partial charge in [0.1, 0.15) is 5.82 Å². The molecule has 25 heavy (non-hydrogen) atoms.